The minimum Gasteiger partial charge on any atom is -0.485 e. The normalized spacial score (nSPS) is 10.8. The summed E-state index contributed by atoms with van der Waals surface area (Å²) in [6.07, 6.45) is 1.49. The lowest BCUT2D eigenvalue weighted by atomic mass is 10.1. The number of nitrogens with zero attached hydrogens (tertiary/aromatic N) is 4. The van der Waals surface area contributed by atoms with Crippen LogP contribution in [0, 0.1) is 13.8 Å². The van der Waals surface area contributed by atoms with Crippen LogP contribution in [0.1, 0.15) is 23.9 Å². The van der Waals surface area contributed by atoms with Gasteiger partial charge in [-0.2, -0.15) is 0 Å². The second-order valence-corrected chi connectivity index (χ2v) is 7.78. The number of aromatic nitrogens is 4. The third kappa shape index (κ3) is 5.71. The van der Waals surface area contributed by atoms with Gasteiger partial charge < -0.3 is 14.6 Å². The summed E-state index contributed by atoms with van der Waals surface area (Å²) < 4.78 is 7.89. The van der Waals surface area contributed by atoms with Crippen LogP contribution in [-0.4, -0.2) is 31.4 Å². The van der Waals surface area contributed by atoms with E-state index >= 15 is 0 Å². The highest BCUT2D eigenvalue weighted by atomic mass is 35.5. The van der Waals surface area contributed by atoms with Gasteiger partial charge in [-0.25, -0.2) is 4.98 Å². The second-order valence-electron chi connectivity index (χ2n) is 6.40. The molecule has 0 saturated carbocycles. The Morgan fingerprint density at radius 3 is 2.79 bits per heavy atom. The molecule has 3 aromatic rings. The summed E-state index contributed by atoms with van der Waals surface area (Å²) in [5.74, 6) is 2.03. The Bertz CT molecular complexity index is 991. The summed E-state index contributed by atoms with van der Waals surface area (Å²) in [6, 6.07) is 9.42. The van der Waals surface area contributed by atoms with Crippen LogP contribution in [0.2, 0.25) is 5.02 Å². The average Bonchev–Trinajstić information content (AvgIpc) is 3.10. The summed E-state index contributed by atoms with van der Waals surface area (Å²) in [7, 11) is 0. The number of carbonyl (C=O) groups excluding carboxylic acids is 1. The number of nitrogens with one attached hydrogen (secondary N) is 1. The Morgan fingerprint density at radius 1 is 1.24 bits per heavy atom. The lowest BCUT2D eigenvalue weighted by Gasteiger charge is -2.11. The van der Waals surface area contributed by atoms with E-state index in [-0.39, 0.29) is 11.7 Å². The van der Waals surface area contributed by atoms with Crippen molar-refractivity contribution in [1.82, 2.24) is 19.7 Å². The second kappa shape index (κ2) is 9.76. The first-order valence-corrected chi connectivity index (χ1v) is 10.5. The number of hydrogen-bond acceptors (Lipinski definition) is 6. The van der Waals surface area contributed by atoms with Gasteiger partial charge in [-0.1, -0.05) is 35.5 Å². The smallest absolute Gasteiger partial charge is 0.236 e. The zero-order valence-electron chi connectivity index (χ0n) is 16.5. The summed E-state index contributed by atoms with van der Waals surface area (Å²) in [6.45, 7) is 7.04. The highest BCUT2D eigenvalue weighted by molar-refractivity contribution is 7.99. The van der Waals surface area contributed by atoms with E-state index in [9.17, 15) is 4.79 Å². The molecule has 152 valence electrons. The van der Waals surface area contributed by atoms with Crippen molar-refractivity contribution in [3.63, 3.8) is 0 Å². The van der Waals surface area contributed by atoms with Crippen molar-refractivity contribution < 1.29 is 9.53 Å². The Kier molecular flexibility index (Phi) is 7.11. The van der Waals surface area contributed by atoms with Gasteiger partial charge in [0.25, 0.3) is 0 Å². The highest BCUT2D eigenvalue weighted by Gasteiger charge is 2.14. The fourth-order valence-electron chi connectivity index (χ4n) is 2.61. The first kappa shape index (κ1) is 21.1. The topological polar surface area (TPSA) is 81.9 Å². The molecule has 1 amide bonds. The van der Waals surface area contributed by atoms with Crippen molar-refractivity contribution in [2.75, 3.05) is 11.1 Å². The quantitative estimate of drug-likeness (QED) is 0.536. The maximum absolute atomic E-state index is 12.2. The van der Waals surface area contributed by atoms with Crippen molar-refractivity contribution in [1.29, 1.82) is 0 Å². The van der Waals surface area contributed by atoms with Gasteiger partial charge >= 0.3 is 0 Å². The molecule has 0 bridgehead atoms. The fraction of sp³-hybridized carbons (Fsp3) is 0.300. The summed E-state index contributed by atoms with van der Waals surface area (Å²) in [4.78, 5) is 16.2. The molecule has 0 atom stereocenters. The van der Waals surface area contributed by atoms with Crippen LogP contribution in [0.3, 0.4) is 0 Å². The van der Waals surface area contributed by atoms with Crippen LogP contribution in [0.5, 0.6) is 5.75 Å². The van der Waals surface area contributed by atoms with Crippen molar-refractivity contribution in [2.24, 2.45) is 0 Å². The average molecular weight is 432 g/mol. The molecule has 0 unspecified atom stereocenters. The number of pyridine rings is 1. The molecule has 9 heteroatoms. The Balaban J connectivity index is 1.59. The lowest BCUT2D eigenvalue weighted by Crippen LogP contribution is -2.15. The van der Waals surface area contributed by atoms with Crippen LogP contribution < -0.4 is 10.1 Å². The maximum atomic E-state index is 12.2. The lowest BCUT2D eigenvalue weighted by molar-refractivity contribution is -0.113. The van der Waals surface area contributed by atoms with Crippen LogP contribution in [0.15, 0.2) is 41.7 Å². The predicted octanol–water partition coefficient (Wildman–Crippen LogP) is 4.27. The molecule has 1 aromatic carbocycles. The van der Waals surface area contributed by atoms with Crippen molar-refractivity contribution in [3.05, 3.63) is 58.5 Å². The van der Waals surface area contributed by atoms with E-state index < -0.39 is 0 Å². The van der Waals surface area contributed by atoms with Crippen LogP contribution in [-0.2, 0) is 17.9 Å². The number of hydrogen-bond donors (Lipinski definition) is 1. The molecule has 7 nitrogen and oxygen atoms in total. The van der Waals surface area contributed by atoms with Gasteiger partial charge in [0.05, 0.1) is 10.8 Å². The largest absolute Gasteiger partial charge is 0.485 e. The number of rotatable bonds is 8. The summed E-state index contributed by atoms with van der Waals surface area (Å²) in [5, 5.41) is 12.4. The third-order valence-corrected chi connectivity index (χ3v) is 5.33. The molecule has 0 aliphatic carbocycles. The molecule has 0 aliphatic rings. The molecule has 2 heterocycles. The molecular formula is C20H22ClN5O2S. The zero-order chi connectivity index (χ0) is 20.8. The van der Waals surface area contributed by atoms with Gasteiger partial charge in [-0.05, 0) is 50.1 Å². The van der Waals surface area contributed by atoms with E-state index in [1.807, 2.05) is 37.5 Å². The molecular weight excluding hydrogens is 410 g/mol. The number of benzene rings is 1. The minimum atomic E-state index is -0.177. The summed E-state index contributed by atoms with van der Waals surface area (Å²) >= 11 is 7.12. The molecule has 29 heavy (non-hydrogen) atoms. The fourth-order valence-corrected chi connectivity index (χ4v) is 3.55. The van der Waals surface area contributed by atoms with Crippen molar-refractivity contribution in [3.8, 4) is 5.75 Å². The zero-order valence-corrected chi connectivity index (χ0v) is 18.0. The third-order valence-electron chi connectivity index (χ3n) is 4.14. The highest BCUT2D eigenvalue weighted by Crippen LogP contribution is 2.22. The standard InChI is InChI=1S/C20H22ClN5O2S/c1-4-26-18(11-28-16-9-13(2)5-6-14(16)3)24-25-20(26)29-12-19(27)23-17-8-7-15(21)10-22-17/h5-10H,4,11-12H2,1-3H3,(H,22,23,27). The number of carbonyl (C=O) groups is 1. The van der Waals surface area contributed by atoms with Crippen LogP contribution in [0.25, 0.3) is 0 Å². The molecule has 0 radical (unpaired) electrons. The first-order chi connectivity index (χ1) is 14.0. The van der Waals surface area contributed by atoms with Crippen LogP contribution >= 0.6 is 23.4 Å². The molecule has 2 aromatic heterocycles. The SMILES string of the molecule is CCn1c(COc2cc(C)ccc2C)nnc1SCC(=O)Nc1ccc(Cl)cn1. The number of aryl methyl sites for hydroxylation is 2. The number of halogens is 1. The van der Waals surface area contributed by atoms with E-state index in [4.69, 9.17) is 16.3 Å². The number of thioether (sulfide) groups is 1. The maximum Gasteiger partial charge on any atom is 0.236 e. The minimum absolute atomic E-state index is 0.177. The number of ether oxygens (including phenoxy) is 1. The van der Waals surface area contributed by atoms with Gasteiger partial charge in [0.2, 0.25) is 5.91 Å². The number of amides is 1. The van der Waals surface area contributed by atoms with Gasteiger partial charge in [0.1, 0.15) is 18.2 Å². The van der Waals surface area contributed by atoms with Crippen LogP contribution in [0.4, 0.5) is 5.82 Å². The van der Waals surface area contributed by atoms with E-state index in [2.05, 4.69) is 26.6 Å². The van der Waals surface area contributed by atoms with Gasteiger partial charge in [-0.3, -0.25) is 4.79 Å². The van der Waals surface area contributed by atoms with Gasteiger partial charge in [-0.15, -0.1) is 10.2 Å². The van der Waals surface area contributed by atoms with Crippen molar-refractivity contribution >= 4 is 35.1 Å². The molecule has 0 fully saturated rings. The Morgan fingerprint density at radius 2 is 2.07 bits per heavy atom. The van der Waals surface area contributed by atoms with E-state index in [0.29, 0.717) is 29.1 Å². The molecule has 0 aliphatic heterocycles. The van der Waals surface area contributed by atoms with E-state index in [0.717, 1.165) is 22.7 Å². The first-order valence-electron chi connectivity index (χ1n) is 9.12. The monoisotopic (exact) mass is 431 g/mol. The Labute approximate surface area is 178 Å². The van der Waals surface area contributed by atoms with Gasteiger partial charge in [0, 0.05) is 12.7 Å². The molecule has 1 N–H and O–H groups in total. The summed E-state index contributed by atoms with van der Waals surface area (Å²) in [5.41, 5.74) is 2.21. The van der Waals surface area contributed by atoms with Gasteiger partial charge in [0.15, 0.2) is 11.0 Å². The van der Waals surface area contributed by atoms with E-state index in [1.165, 1.54) is 18.0 Å². The number of anilines is 1. The Hall–Kier alpha value is -2.58. The van der Waals surface area contributed by atoms with Crippen molar-refractivity contribution in [2.45, 2.75) is 39.1 Å². The van der Waals surface area contributed by atoms with E-state index in [1.54, 1.807) is 12.1 Å². The molecule has 3 rings (SSSR count). The predicted molar refractivity (Wildman–Crippen MR) is 115 cm³/mol. The molecule has 0 spiro atoms. The molecule has 0 saturated heterocycles.